The Morgan fingerprint density at radius 2 is 2.25 bits per heavy atom. The van der Waals surface area contributed by atoms with Crippen molar-refractivity contribution in [1.82, 2.24) is 9.88 Å². The summed E-state index contributed by atoms with van der Waals surface area (Å²) in [6, 6.07) is 3.64. The molecule has 0 radical (unpaired) electrons. The molecule has 1 rings (SSSR count). The van der Waals surface area contributed by atoms with E-state index in [0.717, 1.165) is 5.69 Å². The van der Waals surface area contributed by atoms with Gasteiger partial charge in [-0.2, -0.15) is 0 Å². The summed E-state index contributed by atoms with van der Waals surface area (Å²) < 4.78 is 0. The predicted molar refractivity (Wildman–Crippen MR) is 64.2 cm³/mol. The first-order valence-electron chi connectivity index (χ1n) is 5.42. The van der Waals surface area contributed by atoms with Crippen LogP contribution >= 0.6 is 0 Å². The molecule has 1 heterocycles. The van der Waals surface area contributed by atoms with Crippen LogP contribution in [0.2, 0.25) is 0 Å². The van der Waals surface area contributed by atoms with Crippen LogP contribution < -0.4 is 5.73 Å². The lowest BCUT2D eigenvalue weighted by Gasteiger charge is -2.20. The molecule has 1 unspecified atom stereocenters. The molecular formula is C12H19N3O. The first-order valence-corrected chi connectivity index (χ1v) is 5.42. The molecule has 1 aromatic heterocycles. The number of aromatic nitrogens is 1. The number of pyridine rings is 1. The maximum atomic E-state index is 12.0. The van der Waals surface area contributed by atoms with Gasteiger partial charge in [0.1, 0.15) is 0 Å². The lowest BCUT2D eigenvalue weighted by Crippen LogP contribution is -2.33. The van der Waals surface area contributed by atoms with Crippen LogP contribution in [0.5, 0.6) is 0 Å². The second kappa shape index (κ2) is 5.61. The number of nitrogens with two attached hydrogens (primary N) is 1. The summed E-state index contributed by atoms with van der Waals surface area (Å²) in [7, 11) is 1.79. The SMILES string of the molecule is Cc1ccc(C(=O)N(C)CC(C)CN)cn1. The van der Waals surface area contributed by atoms with E-state index < -0.39 is 0 Å². The zero-order valence-corrected chi connectivity index (χ0v) is 10.1. The van der Waals surface area contributed by atoms with Crippen molar-refractivity contribution >= 4 is 5.91 Å². The topological polar surface area (TPSA) is 59.2 Å². The van der Waals surface area contributed by atoms with Crippen molar-refractivity contribution in [2.45, 2.75) is 13.8 Å². The summed E-state index contributed by atoms with van der Waals surface area (Å²) in [5.74, 6) is 0.306. The molecule has 4 heteroatoms. The summed E-state index contributed by atoms with van der Waals surface area (Å²) in [5.41, 5.74) is 7.06. The van der Waals surface area contributed by atoms with E-state index in [1.165, 1.54) is 0 Å². The molecule has 0 aliphatic carbocycles. The van der Waals surface area contributed by atoms with Gasteiger partial charge < -0.3 is 10.6 Å². The van der Waals surface area contributed by atoms with E-state index in [1.807, 2.05) is 19.9 Å². The van der Waals surface area contributed by atoms with Crippen molar-refractivity contribution < 1.29 is 4.79 Å². The van der Waals surface area contributed by atoms with E-state index in [2.05, 4.69) is 4.98 Å². The van der Waals surface area contributed by atoms with Gasteiger partial charge in [0.25, 0.3) is 5.91 Å². The third-order valence-corrected chi connectivity index (χ3v) is 2.49. The number of hydrogen-bond acceptors (Lipinski definition) is 3. The standard InChI is InChI=1S/C12H19N3O/c1-9(6-13)8-15(3)12(16)11-5-4-10(2)14-7-11/h4-5,7,9H,6,8,13H2,1-3H3. The normalized spacial score (nSPS) is 12.2. The monoisotopic (exact) mass is 221 g/mol. The maximum Gasteiger partial charge on any atom is 0.255 e. The van der Waals surface area contributed by atoms with Crippen molar-refractivity contribution in [1.29, 1.82) is 0 Å². The van der Waals surface area contributed by atoms with E-state index in [9.17, 15) is 4.79 Å². The van der Waals surface area contributed by atoms with Gasteiger partial charge in [0.15, 0.2) is 0 Å². The second-order valence-corrected chi connectivity index (χ2v) is 4.21. The van der Waals surface area contributed by atoms with E-state index in [4.69, 9.17) is 5.73 Å². The van der Waals surface area contributed by atoms with Gasteiger partial charge in [-0.3, -0.25) is 9.78 Å². The van der Waals surface area contributed by atoms with Gasteiger partial charge in [-0.05, 0) is 31.5 Å². The molecular weight excluding hydrogens is 202 g/mol. The highest BCUT2D eigenvalue weighted by atomic mass is 16.2. The Morgan fingerprint density at radius 1 is 1.56 bits per heavy atom. The lowest BCUT2D eigenvalue weighted by atomic mass is 10.1. The largest absolute Gasteiger partial charge is 0.341 e. The van der Waals surface area contributed by atoms with Crippen LogP contribution in [0.4, 0.5) is 0 Å². The average Bonchev–Trinajstić information content (AvgIpc) is 2.28. The Morgan fingerprint density at radius 3 is 2.75 bits per heavy atom. The van der Waals surface area contributed by atoms with Gasteiger partial charge in [-0.1, -0.05) is 6.92 Å². The Bertz CT molecular complexity index is 348. The Hall–Kier alpha value is -1.42. The Labute approximate surface area is 96.5 Å². The summed E-state index contributed by atoms with van der Waals surface area (Å²) in [6.07, 6.45) is 1.61. The van der Waals surface area contributed by atoms with Gasteiger partial charge in [0.05, 0.1) is 5.56 Å². The molecule has 0 aromatic carbocycles. The zero-order chi connectivity index (χ0) is 12.1. The summed E-state index contributed by atoms with van der Waals surface area (Å²) >= 11 is 0. The zero-order valence-electron chi connectivity index (χ0n) is 10.1. The number of amides is 1. The maximum absolute atomic E-state index is 12.0. The number of aryl methyl sites for hydroxylation is 1. The molecule has 2 N–H and O–H groups in total. The van der Waals surface area contributed by atoms with Crippen molar-refractivity contribution in [3.63, 3.8) is 0 Å². The molecule has 0 spiro atoms. The van der Waals surface area contributed by atoms with E-state index in [0.29, 0.717) is 24.6 Å². The molecule has 0 bridgehead atoms. The van der Waals surface area contributed by atoms with Crippen LogP contribution in [-0.4, -0.2) is 35.9 Å². The molecule has 1 amide bonds. The van der Waals surface area contributed by atoms with Crippen molar-refractivity contribution in [3.05, 3.63) is 29.6 Å². The van der Waals surface area contributed by atoms with E-state index in [-0.39, 0.29) is 5.91 Å². The van der Waals surface area contributed by atoms with E-state index in [1.54, 1.807) is 24.2 Å². The smallest absolute Gasteiger partial charge is 0.255 e. The molecule has 16 heavy (non-hydrogen) atoms. The van der Waals surface area contributed by atoms with Gasteiger partial charge in [0, 0.05) is 25.5 Å². The molecule has 4 nitrogen and oxygen atoms in total. The second-order valence-electron chi connectivity index (χ2n) is 4.21. The number of rotatable bonds is 4. The molecule has 0 saturated heterocycles. The number of carbonyl (C=O) groups excluding carboxylic acids is 1. The quantitative estimate of drug-likeness (QED) is 0.827. The fourth-order valence-electron chi connectivity index (χ4n) is 1.44. The van der Waals surface area contributed by atoms with Crippen LogP contribution in [0.1, 0.15) is 23.0 Å². The third-order valence-electron chi connectivity index (χ3n) is 2.49. The van der Waals surface area contributed by atoms with Gasteiger partial charge >= 0.3 is 0 Å². The molecule has 0 aliphatic rings. The van der Waals surface area contributed by atoms with Crippen LogP contribution in [0.15, 0.2) is 18.3 Å². The minimum atomic E-state index is -0.00667. The number of carbonyl (C=O) groups is 1. The molecule has 0 saturated carbocycles. The van der Waals surface area contributed by atoms with E-state index >= 15 is 0 Å². The molecule has 88 valence electrons. The highest BCUT2D eigenvalue weighted by molar-refractivity contribution is 5.93. The summed E-state index contributed by atoms with van der Waals surface area (Å²) in [4.78, 5) is 17.7. The van der Waals surface area contributed by atoms with Crippen molar-refractivity contribution in [2.75, 3.05) is 20.1 Å². The summed E-state index contributed by atoms with van der Waals surface area (Å²) in [5, 5.41) is 0. The Kier molecular flexibility index (Phi) is 4.43. The minimum Gasteiger partial charge on any atom is -0.341 e. The van der Waals surface area contributed by atoms with Crippen molar-refractivity contribution in [3.8, 4) is 0 Å². The molecule has 0 aliphatic heterocycles. The summed E-state index contributed by atoms with van der Waals surface area (Å²) in [6.45, 7) is 5.18. The fraction of sp³-hybridized carbons (Fsp3) is 0.500. The van der Waals surface area contributed by atoms with Crippen LogP contribution in [-0.2, 0) is 0 Å². The third kappa shape index (κ3) is 3.31. The molecule has 1 atom stereocenters. The van der Waals surface area contributed by atoms with Crippen LogP contribution in [0, 0.1) is 12.8 Å². The average molecular weight is 221 g/mol. The Balaban J connectivity index is 2.67. The number of hydrogen-bond donors (Lipinski definition) is 1. The highest BCUT2D eigenvalue weighted by Crippen LogP contribution is 2.05. The predicted octanol–water partition coefficient (Wildman–Crippen LogP) is 1.06. The lowest BCUT2D eigenvalue weighted by molar-refractivity contribution is 0.0777. The highest BCUT2D eigenvalue weighted by Gasteiger charge is 2.13. The van der Waals surface area contributed by atoms with Gasteiger partial charge in [-0.15, -0.1) is 0 Å². The van der Waals surface area contributed by atoms with Crippen molar-refractivity contribution in [2.24, 2.45) is 11.7 Å². The van der Waals surface area contributed by atoms with Crippen LogP contribution in [0.25, 0.3) is 0 Å². The first kappa shape index (κ1) is 12.6. The van der Waals surface area contributed by atoms with Gasteiger partial charge in [-0.25, -0.2) is 0 Å². The fourth-order valence-corrected chi connectivity index (χ4v) is 1.44. The van der Waals surface area contributed by atoms with Crippen LogP contribution in [0.3, 0.4) is 0 Å². The molecule has 1 aromatic rings. The number of nitrogens with zero attached hydrogens (tertiary/aromatic N) is 2. The first-order chi connectivity index (χ1) is 7.54. The minimum absolute atomic E-state index is 0.00667. The van der Waals surface area contributed by atoms with Gasteiger partial charge in [0.2, 0.25) is 0 Å². The molecule has 0 fully saturated rings.